The molecule has 0 radical (unpaired) electrons. The Morgan fingerprint density at radius 1 is 0.808 bits per heavy atom. The Morgan fingerprint density at radius 3 is 2.04 bits per heavy atom. The fraction of sp³-hybridized carbons (Fsp3) is 0.409. The van der Waals surface area contributed by atoms with Crippen LogP contribution in [0.1, 0.15) is 32.3 Å². The molecule has 0 amide bonds. The average molecular weight is 356 g/mol. The number of rotatable bonds is 11. The van der Waals surface area contributed by atoms with E-state index in [1.54, 1.807) is 0 Å². The van der Waals surface area contributed by atoms with E-state index in [4.69, 9.17) is 14.2 Å². The van der Waals surface area contributed by atoms with Crippen molar-refractivity contribution >= 4 is 5.97 Å². The second-order valence-electron chi connectivity index (χ2n) is 6.08. The van der Waals surface area contributed by atoms with Crippen LogP contribution in [0, 0.1) is 0 Å². The lowest BCUT2D eigenvalue weighted by Gasteiger charge is -2.07. The Morgan fingerprint density at radius 2 is 1.42 bits per heavy atom. The van der Waals surface area contributed by atoms with E-state index < -0.39 is 0 Å². The molecule has 26 heavy (non-hydrogen) atoms. The summed E-state index contributed by atoms with van der Waals surface area (Å²) in [4.78, 5) is 11.0. The Hall–Kier alpha value is -2.17. The summed E-state index contributed by atoms with van der Waals surface area (Å²) in [6.45, 7) is 6.29. The number of carbonyl (C=O) groups excluding carboxylic acids is 1. The Balaban J connectivity index is 1.73. The molecule has 0 bridgehead atoms. The maximum Gasteiger partial charge on any atom is 0.308 e. The van der Waals surface area contributed by atoms with Crippen LogP contribution in [0.15, 0.2) is 48.5 Å². The molecule has 0 fully saturated rings. The van der Waals surface area contributed by atoms with Crippen LogP contribution in [-0.2, 0) is 20.7 Å². The predicted octanol–water partition coefficient (Wildman–Crippen LogP) is 4.65. The van der Waals surface area contributed by atoms with Gasteiger partial charge in [0.05, 0.1) is 13.2 Å². The number of hydrogen-bond donors (Lipinski definition) is 0. The third kappa shape index (κ3) is 7.38. The zero-order valence-electron chi connectivity index (χ0n) is 15.7. The van der Waals surface area contributed by atoms with Crippen molar-refractivity contribution in [3.8, 4) is 16.9 Å². The molecule has 140 valence electrons. The number of carbonyl (C=O) groups is 1. The van der Waals surface area contributed by atoms with E-state index in [0.29, 0.717) is 19.0 Å². The quantitative estimate of drug-likeness (QED) is 0.334. The predicted molar refractivity (Wildman–Crippen MR) is 103 cm³/mol. The van der Waals surface area contributed by atoms with E-state index >= 15 is 0 Å². The van der Waals surface area contributed by atoms with Gasteiger partial charge in [-0.05, 0) is 55.0 Å². The van der Waals surface area contributed by atoms with E-state index in [-0.39, 0.29) is 5.97 Å². The van der Waals surface area contributed by atoms with Gasteiger partial charge >= 0.3 is 5.97 Å². The van der Waals surface area contributed by atoms with Crippen LogP contribution in [0.25, 0.3) is 11.1 Å². The minimum atomic E-state index is -0.304. The van der Waals surface area contributed by atoms with E-state index in [2.05, 4.69) is 24.3 Å². The summed E-state index contributed by atoms with van der Waals surface area (Å²) >= 11 is 0. The standard InChI is InChI=1S/C22H28O4/c1-3-24-16-17-25-15-5-4-6-19-7-9-20(10-8-19)21-11-13-22(14-12-21)26-18(2)23/h7-14H,3-6,15-17H2,1-2H3. The highest BCUT2D eigenvalue weighted by Gasteiger charge is 2.01. The third-order valence-corrected chi connectivity index (χ3v) is 3.98. The SMILES string of the molecule is CCOCCOCCCCc1ccc(-c2ccc(OC(C)=O)cc2)cc1. The molecule has 4 heteroatoms. The molecule has 2 rings (SSSR count). The van der Waals surface area contributed by atoms with Gasteiger partial charge in [-0.2, -0.15) is 0 Å². The number of unbranched alkanes of at least 4 members (excludes halogenated alkanes) is 1. The Labute approximate surface area is 156 Å². The van der Waals surface area contributed by atoms with Gasteiger partial charge < -0.3 is 14.2 Å². The molecule has 0 saturated heterocycles. The maximum atomic E-state index is 11.0. The van der Waals surface area contributed by atoms with Crippen molar-refractivity contribution in [3.63, 3.8) is 0 Å². The Bertz CT molecular complexity index is 647. The number of aryl methyl sites for hydroxylation is 1. The van der Waals surface area contributed by atoms with Crippen molar-refractivity contribution in [1.29, 1.82) is 0 Å². The molecule has 0 aliphatic rings. The molecule has 0 heterocycles. The van der Waals surface area contributed by atoms with Crippen molar-refractivity contribution in [2.45, 2.75) is 33.1 Å². The van der Waals surface area contributed by atoms with Crippen LogP contribution < -0.4 is 4.74 Å². The Kier molecular flexibility index (Phi) is 8.87. The first-order valence-corrected chi connectivity index (χ1v) is 9.22. The van der Waals surface area contributed by atoms with Gasteiger partial charge in [-0.1, -0.05) is 36.4 Å². The molecule has 0 N–H and O–H groups in total. The van der Waals surface area contributed by atoms with Gasteiger partial charge in [-0.15, -0.1) is 0 Å². The van der Waals surface area contributed by atoms with Gasteiger partial charge in [0.1, 0.15) is 5.75 Å². The molecule has 0 aliphatic heterocycles. The second kappa shape index (κ2) is 11.4. The molecule has 2 aromatic carbocycles. The summed E-state index contributed by atoms with van der Waals surface area (Å²) in [7, 11) is 0. The summed E-state index contributed by atoms with van der Waals surface area (Å²) in [5.41, 5.74) is 3.59. The van der Waals surface area contributed by atoms with Crippen molar-refractivity contribution < 1.29 is 19.0 Å². The molecule has 2 aromatic rings. The van der Waals surface area contributed by atoms with Crippen LogP contribution in [0.5, 0.6) is 5.75 Å². The van der Waals surface area contributed by atoms with E-state index in [0.717, 1.165) is 43.6 Å². The number of benzene rings is 2. The molecular formula is C22H28O4. The van der Waals surface area contributed by atoms with Crippen LogP contribution in [-0.4, -0.2) is 32.4 Å². The van der Waals surface area contributed by atoms with Crippen LogP contribution >= 0.6 is 0 Å². The van der Waals surface area contributed by atoms with Gasteiger partial charge in [0.15, 0.2) is 0 Å². The number of ether oxygens (including phenoxy) is 3. The molecule has 4 nitrogen and oxygen atoms in total. The fourth-order valence-corrected chi connectivity index (χ4v) is 2.64. The summed E-state index contributed by atoms with van der Waals surface area (Å²) in [5.74, 6) is 0.267. The monoisotopic (exact) mass is 356 g/mol. The van der Waals surface area contributed by atoms with Gasteiger partial charge in [0, 0.05) is 20.1 Å². The van der Waals surface area contributed by atoms with Crippen LogP contribution in [0.3, 0.4) is 0 Å². The molecule has 0 saturated carbocycles. The molecule has 0 aromatic heterocycles. The van der Waals surface area contributed by atoms with Gasteiger partial charge in [0.2, 0.25) is 0 Å². The highest BCUT2D eigenvalue weighted by atomic mass is 16.5. The van der Waals surface area contributed by atoms with E-state index in [1.807, 2.05) is 31.2 Å². The first kappa shape index (κ1) is 20.1. The number of hydrogen-bond acceptors (Lipinski definition) is 4. The highest BCUT2D eigenvalue weighted by molar-refractivity contribution is 5.70. The summed E-state index contributed by atoms with van der Waals surface area (Å²) in [6.07, 6.45) is 3.23. The lowest BCUT2D eigenvalue weighted by Crippen LogP contribution is -2.05. The molecular weight excluding hydrogens is 328 g/mol. The maximum absolute atomic E-state index is 11.0. The van der Waals surface area contributed by atoms with Crippen LogP contribution in [0.2, 0.25) is 0 Å². The van der Waals surface area contributed by atoms with Gasteiger partial charge in [-0.25, -0.2) is 0 Å². The smallest absolute Gasteiger partial charge is 0.308 e. The molecule has 0 spiro atoms. The van der Waals surface area contributed by atoms with E-state index in [9.17, 15) is 4.79 Å². The van der Waals surface area contributed by atoms with E-state index in [1.165, 1.54) is 12.5 Å². The topological polar surface area (TPSA) is 44.8 Å². The largest absolute Gasteiger partial charge is 0.427 e. The summed E-state index contributed by atoms with van der Waals surface area (Å²) in [5, 5.41) is 0. The van der Waals surface area contributed by atoms with Gasteiger partial charge in [0.25, 0.3) is 0 Å². The van der Waals surface area contributed by atoms with Crippen molar-refractivity contribution in [1.82, 2.24) is 0 Å². The zero-order valence-corrected chi connectivity index (χ0v) is 15.7. The molecule has 0 aliphatic carbocycles. The lowest BCUT2D eigenvalue weighted by atomic mass is 10.0. The molecule has 0 unspecified atom stereocenters. The minimum absolute atomic E-state index is 0.304. The fourth-order valence-electron chi connectivity index (χ4n) is 2.64. The normalized spacial score (nSPS) is 10.7. The van der Waals surface area contributed by atoms with Crippen molar-refractivity contribution in [3.05, 3.63) is 54.1 Å². The second-order valence-corrected chi connectivity index (χ2v) is 6.08. The van der Waals surface area contributed by atoms with Crippen molar-refractivity contribution in [2.24, 2.45) is 0 Å². The van der Waals surface area contributed by atoms with Crippen molar-refractivity contribution in [2.75, 3.05) is 26.4 Å². The first-order valence-electron chi connectivity index (χ1n) is 9.22. The first-order chi connectivity index (χ1) is 12.7. The number of esters is 1. The third-order valence-electron chi connectivity index (χ3n) is 3.98. The average Bonchev–Trinajstić information content (AvgIpc) is 2.65. The summed E-state index contributed by atoms with van der Waals surface area (Å²) < 4.78 is 15.8. The highest BCUT2D eigenvalue weighted by Crippen LogP contribution is 2.23. The van der Waals surface area contributed by atoms with Gasteiger partial charge in [-0.3, -0.25) is 4.79 Å². The summed E-state index contributed by atoms with van der Waals surface area (Å²) in [6, 6.07) is 16.2. The molecule has 0 atom stereocenters. The minimum Gasteiger partial charge on any atom is -0.427 e. The van der Waals surface area contributed by atoms with Crippen LogP contribution in [0.4, 0.5) is 0 Å². The lowest BCUT2D eigenvalue weighted by molar-refractivity contribution is -0.131. The zero-order chi connectivity index (χ0) is 18.6.